The highest BCUT2D eigenvalue weighted by molar-refractivity contribution is 5.93. The van der Waals surface area contributed by atoms with Crippen LogP contribution < -0.4 is 4.90 Å². The maximum atomic E-state index is 11.9. The number of rotatable bonds is 3. The quantitative estimate of drug-likeness (QED) is 0.845. The zero-order chi connectivity index (χ0) is 11.4. The van der Waals surface area contributed by atoms with Crippen LogP contribution in [0.4, 0.5) is 5.69 Å². The molecule has 0 fully saturated rings. The molecule has 0 saturated carbocycles. The molecule has 1 N–H and O–H groups in total. The van der Waals surface area contributed by atoms with Crippen molar-refractivity contribution in [2.75, 3.05) is 11.9 Å². The number of anilines is 1. The molecule has 1 heterocycles. The number of hydrogen-bond acceptors (Lipinski definition) is 2. The van der Waals surface area contributed by atoms with Crippen LogP contribution in [0.15, 0.2) is 42.7 Å². The molecule has 1 aromatic carbocycles. The Morgan fingerprint density at radius 1 is 1.38 bits per heavy atom. The standard InChI is InChI=1S/C12H13N3O/c1-15(10-5-3-2-4-6-10)12(16)9-11-13-7-8-14-11/h2-8H,9H2,1H3,(H,13,14). The Morgan fingerprint density at radius 2 is 2.12 bits per heavy atom. The van der Waals surface area contributed by atoms with Crippen molar-refractivity contribution in [3.8, 4) is 0 Å². The molecule has 0 radical (unpaired) electrons. The molecule has 0 aliphatic rings. The monoisotopic (exact) mass is 215 g/mol. The van der Waals surface area contributed by atoms with Crippen LogP contribution in [0.1, 0.15) is 5.82 Å². The number of hydrogen-bond donors (Lipinski definition) is 1. The molecule has 0 aliphatic carbocycles. The molecular weight excluding hydrogens is 202 g/mol. The number of nitrogens with zero attached hydrogens (tertiary/aromatic N) is 2. The Balaban J connectivity index is 2.05. The number of para-hydroxylation sites is 1. The lowest BCUT2D eigenvalue weighted by atomic mass is 10.2. The third-order valence-electron chi connectivity index (χ3n) is 2.39. The largest absolute Gasteiger partial charge is 0.348 e. The van der Waals surface area contributed by atoms with Gasteiger partial charge in [0.2, 0.25) is 5.91 Å². The van der Waals surface area contributed by atoms with Crippen LogP contribution >= 0.6 is 0 Å². The highest BCUT2D eigenvalue weighted by atomic mass is 16.2. The molecule has 1 aromatic heterocycles. The average Bonchev–Trinajstić information content (AvgIpc) is 2.82. The summed E-state index contributed by atoms with van der Waals surface area (Å²) in [5.41, 5.74) is 0.888. The van der Waals surface area contributed by atoms with Crippen LogP contribution in [0.3, 0.4) is 0 Å². The van der Waals surface area contributed by atoms with Crippen molar-refractivity contribution in [2.45, 2.75) is 6.42 Å². The van der Waals surface area contributed by atoms with Gasteiger partial charge in [-0.2, -0.15) is 0 Å². The van der Waals surface area contributed by atoms with Crippen LogP contribution in [0.5, 0.6) is 0 Å². The summed E-state index contributed by atoms with van der Waals surface area (Å²) < 4.78 is 0. The molecule has 4 nitrogen and oxygen atoms in total. The highest BCUT2D eigenvalue weighted by Crippen LogP contribution is 2.11. The van der Waals surface area contributed by atoms with Crippen molar-refractivity contribution in [3.05, 3.63) is 48.5 Å². The molecule has 0 aliphatic heterocycles. The zero-order valence-corrected chi connectivity index (χ0v) is 9.05. The fourth-order valence-electron chi connectivity index (χ4n) is 1.45. The van der Waals surface area contributed by atoms with Crippen molar-refractivity contribution in [3.63, 3.8) is 0 Å². The summed E-state index contributed by atoms with van der Waals surface area (Å²) in [6.07, 6.45) is 3.65. The van der Waals surface area contributed by atoms with Gasteiger partial charge in [-0.05, 0) is 12.1 Å². The van der Waals surface area contributed by atoms with Crippen LogP contribution in [0.2, 0.25) is 0 Å². The predicted octanol–water partition coefficient (Wildman–Crippen LogP) is 1.62. The van der Waals surface area contributed by atoms with Crippen LogP contribution in [-0.2, 0) is 11.2 Å². The second kappa shape index (κ2) is 4.61. The number of aromatic nitrogens is 2. The first-order chi connectivity index (χ1) is 7.77. The van der Waals surface area contributed by atoms with E-state index in [2.05, 4.69) is 9.97 Å². The SMILES string of the molecule is CN(C(=O)Cc1ncc[nH]1)c1ccccc1. The molecule has 2 aromatic rings. The van der Waals surface area contributed by atoms with Gasteiger partial charge in [-0.1, -0.05) is 18.2 Å². The number of aromatic amines is 1. The first-order valence-corrected chi connectivity index (χ1v) is 5.07. The van der Waals surface area contributed by atoms with Gasteiger partial charge in [0.15, 0.2) is 0 Å². The number of carbonyl (C=O) groups is 1. The Hall–Kier alpha value is -2.10. The van der Waals surface area contributed by atoms with Gasteiger partial charge in [-0.15, -0.1) is 0 Å². The molecule has 1 amide bonds. The van der Waals surface area contributed by atoms with E-state index in [0.29, 0.717) is 12.2 Å². The number of carbonyl (C=O) groups excluding carboxylic acids is 1. The molecule has 0 spiro atoms. The van der Waals surface area contributed by atoms with Crippen molar-refractivity contribution < 1.29 is 4.79 Å². The zero-order valence-electron chi connectivity index (χ0n) is 9.05. The average molecular weight is 215 g/mol. The molecule has 0 bridgehead atoms. The number of benzene rings is 1. The van der Waals surface area contributed by atoms with Gasteiger partial charge in [0, 0.05) is 25.1 Å². The lowest BCUT2D eigenvalue weighted by Crippen LogP contribution is -2.28. The van der Waals surface area contributed by atoms with Crippen molar-refractivity contribution in [1.29, 1.82) is 0 Å². The molecule has 0 atom stereocenters. The van der Waals surface area contributed by atoms with Crippen LogP contribution in [-0.4, -0.2) is 22.9 Å². The summed E-state index contributed by atoms with van der Waals surface area (Å²) in [6.45, 7) is 0. The van der Waals surface area contributed by atoms with Gasteiger partial charge >= 0.3 is 0 Å². The summed E-state index contributed by atoms with van der Waals surface area (Å²) in [7, 11) is 1.76. The fraction of sp³-hybridized carbons (Fsp3) is 0.167. The molecule has 2 rings (SSSR count). The number of imidazole rings is 1. The van der Waals surface area contributed by atoms with Crippen molar-refractivity contribution >= 4 is 11.6 Å². The van der Waals surface area contributed by atoms with Gasteiger partial charge in [-0.3, -0.25) is 4.79 Å². The maximum absolute atomic E-state index is 11.9. The Morgan fingerprint density at radius 3 is 2.75 bits per heavy atom. The number of amides is 1. The first kappa shape index (κ1) is 10.4. The molecule has 0 saturated heterocycles. The van der Waals surface area contributed by atoms with Gasteiger partial charge in [0.1, 0.15) is 5.82 Å². The molecule has 4 heteroatoms. The topological polar surface area (TPSA) is 49.0 Å². The fourth-order valence-corrected chi connectivity index (χ4v) is 1.45. The van der Waals surface area contributed by atoms with Gasteiger partial charge in [-0.25, -0.2) is 4.98 Å². The van der Waals surface area contributed by atoms with Crippen molar-refractivity contribution in [1.82, 2.24) is 9.97 Å². The summed E-state index contributed by atoms with van der Waals surface area (Å²) in [6, 6.07) is 9.55. The minimum Gasteiger partial charge on any atom is -0.348 e. The van der Waals surface area contributed by atoms with E-state index in [1.54, 1.807) is 24.3 Å². The van der Waals surface area contributed by atoms with E-state index >= 15 is 0 Å². The summed E-state index contributed by atoms with van der Waals surface area (Å²) >= 11 is 0. The molecular formula is C12H13N3O. The van der Waals surface area contributed by atoms with Crippen molar-refractivity contribution in [2.24, 2.45) is 0 Å². The predicted molar refractivity (Wildman–Crippen MR) is 62.1 cm³/mol. The van der Waals surface area contributed by atoms with E-state index in [9.17, 15) is 4.79 Å². The second-order valence-corrected chi connectivity index (χ2v) is 3.50. The number of likely N-dealkylation sites (N-methyl/N-ethyl adjacent to an activating group) is 1. The lowest BCUT2D eigenvalue weighted by Gasteiger charge is -2.16. The molecule has 82 valence electrons. The van der Waals surface area contributed by atoms with Gasteiger partial charge < -0.3 is 9.88 Å². The lowest BCUT2D eigenvalue weighted by molar-refractivity contribution is -0.117. The van der Waals surface area contributed by atoms with Gasteiger partial charge in [0.05, 0.1) is 6.42 Å². The van der Waals surface area contributed by atoms with E-state index < -0.39 is 0 Å². The summed E-state index contributed by atoms with van der Waals surface area (Å²) in [5.74, 6) is 0.703. The minimum atomic E-state index is 0.0150. The normalized spacial score (nSPS) is 10.1. The Labute approximate surface area is 93.9 Å². The number of H-pyrrole nitrogens is 1. The smallest absolute Gasteiger partial charge is 0.234 e. The molecule has 0 unspecified atom stereocenters. The van der Waals surface area contributed by atoms with Crippen LogP contribution in [0, 0.1) is 0 Å². The van der Waals surface area contributed by atoms with E-state index in [4.69, 9.17) is 0 Å². The molecule has 16 heavy (non-hydrogen) atoms. The highest BCUT2D eigenvalue weighted by Gasteiger charge is 2.12. The van der Waals surface area contributed by atoms with E-state index in [1.807, 2.05) is 30.3 Å². The first-order valence-electron chi connectivity index (χ1n) is 5.07. The van der Waals surface area contributed by atoms with E-state index in [1.165, 1.54) is 0 Å². The Bertz CT molecular complexity index is 450. The van der Waals surface area contributed by atoms with E-state index in [0.717, 1.165) is 5.69 Å². The third kappa shape index (κ3) is 2.28. The number of nitrogens with one attached hydrogen (secondary N) is 1. The maximum Gasteiger partial charge on any atom is 0.234 e. The Kier molecular flexibility index (Phi) is 3.00. The van der Waals surface area contributed by atoms with Gasteiger partial charge in [0.25, 0.3) is 0 Å². The summed E-state index contributed by atoms with van der Waals surface area (Å²) in [4.78, 5) is 20.4. The third-order valence-corrected chi connectivity index (χ3v) is 2.39. The van der Waals surface area contributed by atoms with Crippen LogP contribution in [0.25, 0.3) is 0 Å². The second-order valence-electron chi connectivity index (χ2n) is 3.50. The summed E-state index contributed by atoms with van der Waals surface area (Å²) in [5, 5.41) is 0. The van der Waals surface area contributed by atoms with E-state index in [-0.39, 0.29) is 5.91 Å². The minimum absolute atomic E-state index is 0.0150.